The van der Waals surface area contributed by atoms with Crippen molar-refractivity contribution in [1.82, 2.24) is 5.32 Å². The van der Waals surface area contributed by atoms with Crippen LogP contribution in [0.25, 0.3) is 0 Å². The van der Waals surface area contributed by atoms with E-state index in [2.05, 4.69) is 5.32 Å². The van der Waals surface area contributed by atoms with E-state index >= 15 is 0 Å². The monoisotopic (exact) mass is 135 g/mol. The minimum Gasteiger partial charge on any atom is -0.394 e. The summed E-state index contributed by atoms with van der Waals surface area (Å²) in [6.07, 6.45) is -0.936. The molecule has 2 nitrogen and oxygen atoms in total. The summed E-state index contributed by atoms with van der Waals surface area (Å²) in [7, 11) is 1.52. The molecule has 0 aromatic rings. The number of allylic oxidation sites excluding steroid dienone is 1. The Kier molecular flexibility index (Phi) is 3.59. The molecule has 0 atom stereocenters. The molecule has 0 spiro atoms. The Morgan fingerprint density at radius 2 is 2.22 bits per heavy atom. The predicted molar refractivity (Wildman–Crippen MR) is 29.2 cm³/mol. The third-order valence-electron chi connectivity index (χ3n) is 0.629. The molecule has 0 bridgehead atoms. The van der Waals surface area contributed by atoms with Gasteiger partial charge >= 0.3 is 0 Å². The smallest absolute Gasteiger partial charge is 0.299 e. The first kappa shape index (κ1) is 8.07. The number of nitrogens with one attached hydrogen (secondary N) is 1. The summed E-state index contributed by atoms with van der Waals surface area (Å²) < 4.78 is 22.6. The van der Waals surface area contributed by atoms with Crippen molar-refractivity contribution in [3.63, 3.8) is 0 Å². The largest absolute Gasteiger partial charge is 0.394 e. The van der Waals surface area contributed by atoms with Gasteiger partial charge in [0.15, 0.2) is 0 Å². The molecule has 0 amide bonds. The molecule has 0 rings (SSSR count). The Balaban J connectivity index is 3.63. The molecule has 0 aliphatic heterocycles. The molecule has 0 saturated heterocycles. The third-order valence-corrected chi connectivity index (χ3v) is 0.629. The van der Waals surface area contributed by atoms with E-state index in [-0.39, 0.29) is 0 Å². The maximum atomic E-state index is 11.3. The number of hydrogen-bond acceptors (Lipinski definition) is 2. The fraction of sp³-hybridized carbons (Fsp3) is 0.400. The summed E-state index contributed by atoms with van der Waals surface area (Å²) >= 11 is 0. The van der Waals surface area contributed by atoms with Gasteiger partial charge in [-0.1, -0.05) is 0 Å². The molecule has 1 N–H and O–H groups in total. The highest BCUT2D eigenvalue weighted by Gasteiger charge is 2.09. The van der Waals surface area contributed by atoms with Crippen LogP contribution < -0.4 is 5.32 Å². The quantitative estimate of drug-likeness (QED) is 0.572. The van der Waals surface area contributed by atoms with Gasteiger partial charge in [0, 0.05) is 13.1 Å². The van der Waals surface area contributed by atoms with Crippen LogP contribution in [0.4, 0.5) is 8.78 Å². The third kappa shape index (κ3) is 3.64. The van der Waals surface area contributed by atoms with Crippen molar-refractivity contribution in [3.05, 3.63) is 12.3 Å². The molecule has 0 saturated carbocycles. The van der Waals surface area contributed by atoms with Crippen LogP contribution in [-0.4, -0.2) is 19.3 Å². The molecule has 0 aromatic carbocycles. The van der Waals surface area contributed by atoms with Gasteiger partial charge in [-0.05, 0) is 6.20 Å². The lowest BCUT2D eigenvalue weighted by Gasteiger charge is -1.88. The Morgan fingerprint density at radius 3 is 2.56 bits per heavy atom. The second-order valence-corrected chi connectivity index (χ2v) is 1.33. The maximum Gasteiger partial charge on any atom is 0.299 e. The van der Waals surface area contributed by atoms with Gasteiger partial charge in [-0.2, -0.15) is 0 Å². The van der Waals surface area contributed by atoms with E-state index in [1.54, 1.807) is 0 Å². The number of carbonyl (C=O) groups excluding carboxylic acids is 1. The molecule has 0 unspecified atom stereocenters. The summed E-state index contributed by atoms with van der Waals surface area (Å²) in [5.41, 5.74) is 0. The highest BCUT2D eigenvalue weighted by molar-refractivity contribution is 5.92. The van der Waals surface area contributed by atoms with Gasteiger partial charge in [-0.25, -0.2) is 8.78 Å². The summed E-state index contributed by atoms with van der Waals surface area (Å²) in [5.74, 6) is -1.18. The normalized spacial score (nSPS) is 10.7. The Labute approximate surface area is 51.6 Å². The Hall–Kier alpha value is -0.930. The molecule has 0 aliphatic carbocycles. The first-order valence-electron chi connectivity index (χ1n) is 2.34. The lowest BCUT2D eigenvalue weighted by Crippen LogP contribution is -2.07. The van der Waals surface area contributed by atoms with E-state index in [9.17, 15) is 13.6 Å². The number of halogens is 2. The van der Waals surface area contributed by atoms with Crippen molar-refractivity contribution in [2.75, 3.05) is 7.05 Å². The SMILES string of the molecule is CN/C=C/C(=O)C(F)F. The van der Waals surface area contributed by atoms with Crippen LogP contribution in [0.1, 0.15) is 0 Å². The van der Waals surface area contributed by atoms with Crippen LogP contribution >= 0.6 is 0 Å². The van der Waals surface area contributed by atoms with E-state index < -0.39 is 12.2 Å². The molecule has 0 radical (unpaired) electrons. The minimum absolute atomic E-state index is 0.796. The average Bonchev–Trinajstić information content (AvgIpc) is 1.82. The highest BCUT2D eigenvalue weighted by Crippen LogP contribution is 1.93. The fourth-order valence-electron chi connectivity index (χ4n) is 0.238. The molecular formula is C5H7F2NO. The lowest BCUT2D eigenvalue weighted by atomic mass is 10.4. The second-order valence-electron chi connectivity index (χ2n) is 1.33. The number of alkyl halides is 2. The zero-order valence-electron chi connectivity index (χ0n) is 4.90. The van der Waals surface area contributed by atoms with Gasteiger partial charge in [0.1, 0.15) is 0 Å². The molecule has 52 valence electrons. The van der Waals surface area contributed by atoms with Crippen LogP contribution in [0.2, 0.25) is 0 Å². The molecular weight excluding hydrogens is 128 g/mol. The highest BCUT2D eigenvalue weighted by atomic mass is 19.3. The van der Waals surface area contributed by atoms with Crippen molar-refractivity contribution in [2.45, 2.75) is 6.43 Å². The van der Waals surface area contributed by atoms with Gasteiger partial charge in [0.2, 0.25) is 5.78 Å². The number of rotatable bonds is 3. The van der Waals surface area contributed by atoms with Crippen molar-refractivity contribution in [3.8, 4) is 0 Å². The molecule has 0 fully saturated rings. The van der Waals surface area contributed by atoms with Gasteiger partial charge in [-0.15, -0.1) is 0 Å². The van der Waals surface area contributed by atoms with E-state index in [0.29, 0.717) is 0 Å². The topological polar surface area (TPSA) is 29.1 Å². The van der Waals surface area contributed by atoms with Crippen LogP contribution in [0.3, 0.4) is 0 Å². The van der Waals surface area contributed by atoms with Crippen molar-refractivity contribution in [1.29, 1.82) is 0 Å². The summed E-state index contributed by atoms with van der Waals surface area (Å²) in [6, 6.07) is 0. The molecule has 4 heteroatoms. The standard InChI is InChI=1S/C5H7F2NO/c1-8-3-2-4(9)5(6)7/h2-3,5,8H,1H3/b3-2+. The van der Waals surface area contributed by atoms with Crippen molar-refractivity contribution < 1.29 is 13.6 Å². The van der Waals surface area contributed by atoms with E-state index in [0.717, 1.165) is 12.3 Å². The lowest BCUT2D eigenvalue weighted by molar-refractivity contribution is -0.124. The molecule has 0 aliphatic rings. The zero-order chi connectivity index (χ0) is 7.28. The van der Waals surface area contributed by atoms with Crippen molar-refractivity contribution >= 4 is 5.78 Å². The zero-order valence-corrected chi connectivity index (χ0v) is 4.90. The van der Waals surface area contributed by atoms with E-state index in [4.69, 9.17) is 0 Å². The Morgan fingerprint density at radius 1 is 1.67 bits per heavy atom. The van der Waals surface area contributed by atoms with Crippen LogP contribution in [-0.2, 0) is 4.79 Å². The minimum atomic E-state index is -2.89. The summed E-state index contributed by atoms with van der Waals surface area (Å²) in [4.78, 5) is 10.0. The van der Waals surface area contributed by atoms with Crippen LogP contribution in [0.15, 0.2) is 12.3 Å². The molecule has 9 heavy (non-hydrogen) atoms. The first-order valence-corrected chi connectivity index (χ1v) is 2.34. The summed E-state index contributed by atoms with van der Waals surface area (Å²) in [5, 5.41) is 2.42. The van der Waals surface area contributed by atoms with E-state index in [1.807, 2.05) is 0 Å². The fourth-order valence-corrected chi connectivity index (χ4v) is 0.238. The van der Waals surface area contributed by atoms with Gasteiger partial charge in [-0.3, -0.25) is 4.79 Å². The van der Waals surface area contributed by atoms with Crippen LogP contribution in [0.5, 0.6) is 0 Å². The van der Waals surface area contributed by atoms with Crippen molar-refractivity contribution in [2.24, 2.45) is 0 Å². The number of hydrogen-bond donors (Lipinski definition) is 1. The van der Waals surface area contributed by atoms with Gasteiger partial charge in [0.05, 0.1) is 0 Å². The van der Waals surface area contributed by atoms with Gasteiger partial charge < -0.3 is 5.32 Å². The Bertz CT molecular complexity index is 122. The first-order chi connectivity index (χ1) is 4.18. The summed E-state index contributed by atoms with van der Waals surface area (Å²) in [6.45, 7) is 0. The number of carbonyl (C=O) groups is 1. The molecule has 0 aromatic heterocycles. The van der Waals surface area contributed by atoms with Crippen LogP contribution in [0, 0.1) is 0 Å². The van der Waals surface area contributed by atoms with E-state index in [1.165, 1.54) is 7.05 Å². The predicted octanol–water partition coefficient (Wildman–Crippen LogP) is 0.554. The average molecular weight is 135 g/mol. The molecule has 0 heterocycles. The van der Waals surface area contributed by atoms with Gasteiger partial charge in [0.25, 0.3) is 6.43 Å². The second kappa shape index (κ2) is 4.00. The number of ketones is 1. The maximum absolute atomic E-state index is 11.3.